The Kier molecular flexibility index (Phi) is 4.00. The maximum Gasteiger partial charge on any atom is 0.342 e. The first kappa shape index (κ1) is 12.6. The third kappa shape index (κ3) is 2.57. The van der Waals surface area contributed by atoms with Gasteiger partial charge in [-0.1, -0.05) is 11.6 Å². The van der Waals surface area contributed by atoms with Gasteiger partial charge >= 0.3 is 5.97 Å². The van der Waals surface area contributed by atoms with Crippen LogP contribution in [0.3, 0.4) is 0 Å². The number of ether oxygens (including phenoxy) is 1. The van der Waals surface area contributed by atoms with Gasteiger partial charge in [0.1, 0.15) is 16.5 Å². The molecule has 1 aromatic rings. The fraction of sp³-hybridized carbons (Fsp3) is 0.333. The van der Waals surface area contributed by atoms with Crippen LogP contribution in [0.25, 0.3) is 0 Å². The van der Waals surface area contributed by atoms with Gasteiger partial charge in [0.15, 0.2) is 0 Å². The summed E-state index contributed by atoms with van der Waals surface area (Å²) in [6, 6.07) is 0.898. The van der Waals surface area contributed by atoms with Crippen LogP contribution in [0.4, 0.5) is 14.6 Å². The molecule has 0 saturated carbocycles. The number of nitrogen functional groups attached to an aromatic ring is 1. The number of halogens is 3. The number of nitrogens with zero attached hydrogens (tertiary/aromatic N) is 1. The smallest absolute Gasteiger partial charge is 0.342 e. The summed E-state index contributed by atoms with van der Waals surface area (Å²) in [6.45, 7) is 1.61. The number of pyridine rings is 1. The van der Waals surface area contributed by atoms with E-state index >= 15 is 0 Å². The zero-order chi connectivity index (χ0) is 12.3. The van der Waals surface area contributed by atoms with Crippen molar-refractivity contribution >= 4 is 23.4 Å². The van der Waals surface area contributed by atoms with Crippen molar-refractivity contribution in [3.63, 3.8) is 0 Å². The molecule has 16 heavy (non-hydrogen) atoms. The fourth-order valence-corrected chi connectivity index (χ4v) is 1.36. The van der Waals surface area contributed by atoms with Crippen LogP contribution < -0.4 is 5.73 Å². The Bertz CT molecular complexity index is 413. The zero-order valence-corrected chi connectivity index (χ0v) is 9.09. The van der Waals surface area contributed by atoms with Gasteiger partial charge in [0, 0.05) is 5.56 Å². The van der Waals surface area contributed by atoms with Gasteiger partial charge in [-0.2, -0.15) is 0 Å². The Labute approximate surface area is 95.4 Å². The monoisotopic (exact) mass is 250 g/mol. The van der Waals surface area contributed by atoms with Crippen molar-refractivity contribution in [2.24, 2.45) is 0 Å². The molecule has 0 aliphatic heterocycles. The van der Waals surface area contributed by atoms with Crippen molar-refractivity contribution in [2.45, 2.75) is 13.3 Å². The quantitative estimate of drug-likeness (QED) is 0.661. The highest BCUT2D eigenvalue weighted by Crippen LogP contribution is 2.29. The first-order chi connectivity index (χ1) is 7.47. The summed E-state index contributed by atoms with van der Waals surface area (Å²) in [5.41, 5.74) is 4.36. The highest BCUT2D eigenvalue weighted by atomic mass is 35.5. The fourth-order valence-electron chi connectivity index (χ4n) is 1.15. The predicted molar refractivity (Wildman–Crippen MR) is 54.6 cm³/mol. The lowest BCUT2D eigenvalue weighted by Crippen LogP contribution is -2.13. The number of aromatic nitrogens is 1. The Morgan fingerprint density at radius 3 is 2.81 bits per heavy atom. The molecule has 0 atom stereocenters. The number of alkyl halides is 2. The topological polar surface area (TPSA) is 65.2 Å². The normalized spacial score (nSPS) is 10.6. The van der Waals surface area contributed by atoms with E-state index in [1.807, 2.05) is 0 Å². The van der Waals surface area contributed by atoms with E-state index in [0.717, 1.165) is 6.07 Å². The third-order valence-electron chi connectivity index (χ3n) is 1.76. The second-order valence-corrected chi connectivity index (χ2v) is 3.20. The minimum atomic E-state index is -2.87. The standard InChI is InChI=1S/C9H9ClF2N2O2/c1-2-16-9(15)6-4(7(11)12)3-5(10)14-8(6)13/h3,7H,2H2,1H3,(H2,13,14). The van der Waals surface area contributed by atoms with E-state index in [9.17, 15) is 13.6 Å². The average molecular weight is 251 g/mol. The van der Waals surface area contributed by atoms with Gasteiger partial charge in [0.2, 0.25) is 0 Å². The van der Waals surface area contributed by atoms with Crippen LogP contribution in [-0.4, -0.2) is 17.6 Å². The second-order valence-electron chi connectivity index (χ2n) is 2.82. The molecule has 1 aromatic heterocycles. The van der Waals surface area contributed by atoms with Crippen LogP contribution >= 0.6 is 11.6 Å². The molecule has 0 aliphatic rings. The molecule has 88 valence electrons. The molecule has 0 unspecified atom stereocenters. The lowest BCUT2D eigenvalue weighted by Gasteiger charge is -2.10. The number of esters is 1. The van der Waals surface area contributed by atoms with Gasteiger partial charge in [-0.05, 0) is 13.0 Å². The first-order valence-corrected chi connectivity index (χ1v) is 4.76. The number of hydrogen-bond donors (Lipinski definition) is 1. The molecule has 0 saturated heterocycles. The van der Waals surface area contributed by atoms with Gasteiger partial charge in [0.25, 0.3) is 6.43 Å². The Morgan fingerprint density at radius 1 is 1.69 bits per heavy atom. The number of hydrogen-bond acceptors (Lipinski definition) is 4. The molecule has 0 aromatic carbocycles. The van der Waals surface area contributed by atoms with Crippen LogP contribution in [0.15, 0.2) is 6.07 Å². The highest BCUT2D eigenvalue weighted by molar-refractivity contribution is 6.29. The molecule has 1 rings (SSSR count). The van der Waals surface area contributed by atoms with Crippen molar-refractivity contribution in [1.29, 1.82) is 0 Å². The number of carbonyl (C=O) groups excluding carboxylic acids is 1. The largest absolute Gasteiger partial charge is 0.462 e. The number of carbonyl (C=O) groups is 1. The molecular weight excluding hydrogens is 242 g/mol. The van der Waals surface area contributed by atoms with Crippen LogP contribution in [0.2, 0.25) is 5.15 Å². The van der Waals surface area contributed by atoms with Crippen LogP contribution in [0.5, 0.6) is 0 Å². The number of anilines is 1. The van der Waals surface area contributed by atoms with Gasteiger partial charge in [0.05, 0.1) is 6.61 Å². The minimum Gasteiger partial charge on any atom is -0.462 e. The van der Waals surface area contributed by atoms with Crippen molar-refractivity contribution < 1.29 is 18.3 Å². The Morgan fingerprint density at radius 2 is 2.31 bits per heavy atom. The lowest BCUT2D eigenvalue weighted by molar-refractivity contribution is 0.0516. The molecule has 0 aliphatic carbocycles. The number of rotatable bonds is 3. The van der Waals surface area contributed by atoms with Gasteiger partial charge in [-0.25, -0.2) is 18.6 Å². The molecule has 0 amide bonds. The summed E-state index contributed by atoms with van der Waals surface area (Å²) in [7, 11) is 0. The predicted octanol–water partition coefficient (Wildman–Crippen LogP) is 2.43. The summed E-state index contributed by atoms with van der Waals surface area (Å²) in [5.74, 6) is -1.29. The summed E-state index contributed by atoms with van der Waals surface area (Å²) >= 11 is 5.47. The maximum atomic E-state index is 12.6. The van der Waals surface area contributed by atoms with Gasteiger partial charge in [-0.3, -0.25) is 0 Å². The average Bonchev–Trinajstić information content (AvgIpc) is 2.16. The molecule has 0 spiro atoms. The van der Waals surface area contributed by atoms with Gasteiger partial charge in [-0.15, -0.1) is 0 Å². The van der Waals surface area contributed by atoms with Crippen molar-refractivity contribution in [2.75, 3.05) is 12.3 Å². The first-order valence-electron chi connectivity index (χ1n) is 4.38. The summed E-state index contributed by atoms with van der Waals surface area (Å²) in [6.07, 6.45) is -2.87. The molecule has 4 nitrogen and oxygen atoms in total. The number of nitrogens with two attached hydrogens (primary N) is 1. The Balaban J connectivity index is 3.29. The molecule has 2 N–H and O–H groups in total. The van der Waals surface area contributed by atoms with Gasteiger partial charge < -0.3 is 10.5 Å². The molecule has 0 fully saturated rings. The molecule has 1 heterocycles. The second kappa shape index (κ2) is 5.07. The zero-order valence-electron chi connectivity index (χ0n) is 8.34. The maximum absolute atomic E-state index is 12.6. The van der Waals surface area contributed by atoms with E-state index in [1.165, 1.54) is 0 Å². The van der Waals surface area contributed by atoms with Crippen molar-refractivity contribution in [3.05, 3.63) is 22.3 Å². The Hall–Kier alpha value is -1.43. The van der Waals surface area contributed by atoms with E-state index in [1.54, 1.807) is 6.92 Å². The van der Waals surface area contributed by atoms with E-state index in [-0.39, 0.29) is 17.6 Å². The third-order valence-corrected chi connectivity index (χ3v) is 1.95. The minimum absolute atomic E-state index is 0.0591. The van der Waals surface area contributed by atoms with E-state index in [0.29, 0.717) is 0 Å². The SMILES string of the molecule is CCOC(=O)c1c(C(F)F)cc(Cl)nc1N. The van der Waals surface area contributed by atoms with Crippen LogP contribution in [0.1, 0.15) is 29.3 Å². The summed E-state index contributed by atoms with van der Waals surface area (Å²) < 4.78 is 29.9. The summed E-state index contributed by atoms with van der Waals surface area (Å²) in [4.78, 5) is 14.9. The van der Waals surface area contributed by atoms with Crippen LogP contribution in [-0.2, 0) is 4.74 Å². The molecule has 0 bridgehead atoms. The van der Waals surface area contributed by atoms with E-state index < -0.39 is 23.5 Å². The van der Waals surface area contributed by atoms with E-state index in [2.05, 4.69) is 9.72 Å². The van der Waals surface area contributed by atoms with E-state index in [4.69, 9.17) is 17.3 Å². The highest BCUT2D eigenvalue weighted by Gasteiger charge is 2.24. The molecule has 7 heteroatoms. The molecular formula is C9H9ClF2N2O2. The van der Waals surface area contributed by atoms with Crippen molar-refractivity contribution in [1.82, 2.24) is 4.98 Å². The molecule has 0 radical (unpaired) electrons. The van der Waals surface area contributed by atoms with Crippen molar-refractivity contribution in [3.8, 4) is 0 Å². The summed E-state index contributed by atoms with van der Waals surface area (Å²) in [5, 5.41) is -0.194. The lowest BCUT2D eigenvalue weighted by atomic mass is 10.1. The van der Waals surface area contributed by atoms with Crippen LogP contribution in [0, 0.1) is 0 Å².